The molecule has 1 aliphatic heterocycles. The Morgan fingerprint density at radius 3 is 3.04 bits per heavy atom. The van der Waals surface area contributed by atoms with Crippen LogP contribution in [0.2, 0.25) is 0 Å². The fourth-order valence-corrected chi connectivity index (χ4v) is 3.36. The number of nitrogens with zero attached hydrogens (tertiary/aromatic N) is 5. The van der Waals surface area contributed by atoms with Crippen molar-refractivity contribution >= 4 is 5.91 Å². The second-order valence-electron chi connectivity index (χ2n) is 6.33. The van der Waals surface area contributed by atoms with E-state index in [1.165, 1.54) is 6.33 Å². The molecule has 8 nitrogen and oxygen atoms in total. The van der Waals surface area contributed by atoms with Crippen LogP contribution in [0.25, 0.3) is 5.69 Å². The van der Waals surface area contributed by atoms with Gasteiger partial charge < -0.3 is 9.64 Å². The van der Waals surface area contributed by atoms with Crippen LogP contribution < -0.4 is 0 Å². The van der Waals surface area contributed by atoms with Gasteiger partial charge in [0.2, 0.25) is 0 Å². The Kier molecular flexibility index (Phi) is 4.49. The highest BCUT2D eigenvalue weighted by molar-refractivity contribution is 5.97. The lowest BCUT2D eigenvalue weighted by atomic mass is 10.00. The predicted octanol–water partition coefficient (Wildman–Crippen LogP) is 1.64. The predicted molar refractivity (Wildman–Crippen MR) is 94.0 cm³/mol. The van der Waals surface area contributed by atoms with Crippen LogP contribution in [0, 0.1) is 0 Å². The molecule has 1 amide bonds. The molecule has 0 radical (unpaired) electrons. The third-order valence-electron chi connectivity index (χ3n) is 4.68. The quantitative estimate of drug-likeness (QED) is 0.754. The molecule has 8 heteroatoms. The number of hydrogen-bond acceptors (Lipinski definition) is 5. The number of likely N-dealkylation sites (N-methyl/N-ethyl adjacent to an activating group) is 1. The lowest BCUT2D eigenvalue weighted by molar-refractivity contribution is 0.0550. The van der Waals surface area contributed by atoms with E-state index in [2.05, 4.69) is 20.3 Å². The summed E-state index contributed by atoms with van der Waals surface area (Å²) in [5, 5.41) is 11.1. The van der Waals surface area contributed by atoms with Crippen molar-refractivity contribution in [3.05, 3.63) is 60.4 Å². The van der Waals surface area contributed by atoms with Crippen molar-refractivity contribution in [3.63, 3.8) is 0 Å². The van der Waals surface area contributed by atoms with E-state index in [9.17, 15) is 4.79 Å². The molecule has 3 heterocycles. The maximum atomic E-state index is 13.0. The van der Waals surface area contributed by atoms with Gasteiger partial charge in [-0.05, 0) is 24.6 Å². The second kappa shape index (κ2) is 7.09. The molecule has 1 saturated heterocycles. The second-order valence-corrected chi connectivity index (χ2v) is 6.33. The number of hydrogen-bond donors (Lipinski definition) is 1. The molecule has 1 aliphatic rings. The van der Waals surface area contributed by atoms with E-state index in [4.69, 9.17) is 4.74 Å². The van der Waals surface area contributed by atoms with Gasteiger partial charge in [0.25, 0.3) is 5.91 Å². The van der Waals surface area contributed by atoms with Crippen LogP contribution in [-0.4, -0.2) is 62.1 Å². The van der Waals surface area contributed by atoms with Crippen molar-refractivity contribution < 1.29 is 9.53 Å². The molecule has 0 aliphatic carbocycles. The van der Waals surface area contributed by atoms with Crippen LogP contribution in [-0.2, 0) is 4.74 Å². The minimum atomic E-state index is -0.103. The third-order valence-corrected chi connectivity index (χ3v) is 4.68. The van der Waals surface area contributed by atoms with Gasteiger partial charge in [0.15, 0.2) is 0 Å². The first kappa shape index (κ1) is 16.5. The molecular weight excluding hydrogens is 332 g/mol. The number of ether oxygens (including phenoxy) is 1. The molecular formula is C18H20N6O2. The van der Waals surface area contributed by atoms with Crippen LogP contribution in [0.1, 0.15) is 28.5 Å². The molecule has 0 bridgehead atoms. The smallest absolute Gasteiger partial charge is 0.255 e. The van der Waals surface area contributed by atoms with E-state index < -0.39 is 0 Å². The topological polar surface area (TPSA) is 88.9 Å². The number of para-hydroxylation sites is 1. The summed E-state index contributed by atoms with van der Waals surface area (Å²) in [6.07, 6.45) is 5.78. The van der Waals surface area contributed by atoms with Crippen LogP contribution >= 0.6 is 0 Å². The number of carbonyl (C=O) groups is 1. The molecule has 0 unspecified atom stereocenters. The Morgan fingerprint density at radius 2 is 2.27 bits per heavy atom. The van der Waals surface area contributed by atoms with E-state index in [1.54, 1.807) is 22.8 Å². The average molecular weight is 352 g/mol. The summed E-state index contributed by atoms with van der Waals surface area (Å²) >= 11 is 0. The van der Waals surface area contributed by atoms with Gasteiger partial charge in [-0.3, -0.25) is 9.89 Å². The Bertz CT molecular complexity index is 862. The van der Waals surface area contributed by atoms with Crippen molar-refractivity contribution in [1.29, 1.82) is 0 Å². The number of aromatic amines is 1. The van der Waals surface area contributed by atoms with Crippen molar-refractivity contribution in [2.75, 3.05) is 20.2 Å². The fourth-order valence-electron chi connectivity index (χ4n) is 3.36. The van der Waals surface area contributed by atoms with Crippen LogP contribution in [0.3, 0.4) is 0 Å². The lowest BCUT2D eigenvalue weighted by Crippen LogP contribution is -2.36. The van der Waals surface area contributed by atoms with Crippen molar-refractivity contribution in [2.24, 2.45) is 0 Å². The SMILES string of the molecule is CN(C[C@H]1OCC[C@H]1c1ncn[nH]1)C(=O)c1ccccc1-n1cccn1. The minimum absolute atomic E-state index is 0.0667. The molecule has 4 rings (SSSR count). The van der Waals surface area contributed by atoms with Gasteiger partial charge in [0.05, 0.1) is 17.4 Å². The molecule has 26 heavy (non-hydrogen) atoms. The molecule has 1 N–H and O–H groups in total. The number of amides is 1. The third kappa shape index (κ3) is 3.11. The summed E-state index contributed by atoms with van der Waals surface area (Å²) in [6, 6.07) is 9.29. The van der Waals surface area contributed by atoms with E-state index in [1.807, 2.05) is 36.5 Å². The van der Waals surface area contributed by atoms with E-state index in [0.717, 1.165) is 17.9 Å². The summed E-state index contributed by atoms with van der Waals surface area (Å²) in [5.74, 6) is 0.863. The Hall–Kier alpha value is -3.00. The van der Waals surface area contributed by atoms with Gasteiger partial charge >= 0.3 is 0 Å². The average Bonchev–Trinajstić information content (AvgIpc) is 3.42. The molecule has 1 fully saturated rings. The van der Waals surface area contributed by atoms with Crippen molar-refractivity contribution in [2.45, 2.75) is 18.4 Å². The number of nitrogens with one attached hydrogen (secondary N) is 1. The van der Waals surface area contributed by atoms with Crippen LogP contribution in [0.15, 0.2) is 49.1 Å². The minimum Gasteiger partial charge on any atom is -0.376 e. The highest BCUT2D eigenvalue weighted by Crippen LogP contribution is 2.29. The van der Waals surface area contributed by atoms with Crippen LogP contribution in [0.5, 0.6) is 0 Å². The first-order valence-electron chi connectivity index (χ1n) is 8.55. The Morgan fingerprint density at radius 1 is 1.38 bits per heavy atom. The monoisotopic (exact) mass is 352 g/mol. The number of rotatable bonds is 5. The molecule has 3 aromatic rings. The summed E-state index contributed by atoms with van der Waals surface area (Å²) in [5.41, 5.74) is 1.36. The zero-order chi connectivity index (χ0) is 17.9. The Labute approximate surface area is 150 Å². The standard InChI is InChI=1S/C18H20N6O2/c1-23(11-16-14(7-10-26-16)17-19-12-20-22-17)18(25)13-5-2-3-6-15(13)24-9-4-8-21-24/h2-6,8-9,12,14,16H,7,10-11H2,1H3,(H,19,20,22)/t14-,16-/m1/s1. The number of carbonyl (C=O) groups excluding carboxylic acids is 1. The van der Waals surface area contributed by atoms with Crippen molar-refractivity contribution in [1.82, 2.24) is 29.9 Å². The van der Waals surface area contributed by atoms with E-state index in [0.29, 0.717) is 18.7 Å². The number of benzene rings is 1. The zero-order valence-corrected chi connectivity index (χ0v) is 14.4. The van der Waals surface area contributed by atoms with E-state index >= 15 is 0 Å². The summed E-state index contributed by atoms with van der Waals surface area (Å²) < 4.78 is 7.55. The normalized spacial score (nSPS) is 19.6. The van der Waals surface area contributed by atoms with E-state index in [-0.39, 0.29) is 17.9 Å². The number of H-pyrrole nitrogens is 1. The van der Waals surface area contributed by atoms with Gasteiger partial charge in [-0.15, -0.1) is 0 Å². The van der Waals surface area contributed by atoms with Gasteiger partial charge in [0.1, 0.15) is 12.2 Å². The first-order valence-corrected chi connectivity index (χ1v) is 8.55. The Balaban J connectivity index is 1.52. The maximum absolute atomic E-state index is 13.0. The van der Waals surface area contributed by atoms with Gasteiger partial charge in [-0.2, -0.15) is 10.2 Å². The molecule has 2 aromatic heterocycles. The fraction of sp³-hybridized carbons (Fsp3) is 0.333. The summed E-state index contributed by atoms with van der Waals surface area (Å²) in [6.45, 7) is 1.14. The highest BCUT2D eigenvalue weighted by Gasteiger charge is 2.33. The molecule has 0 saturated carbocycles. The molecule has 1 aromatic carbocycles. The summed E-state index contributed by atoms with van der Waals surface area (Å²) in [4.78, 5) is 19.0. The number of aromatic nitrogens is 5. The van der Waals surface area contributed by atoms with Crippen LogP contribution in [0.4, 0.5) is 0 Å². The largest absolute Gasteiger partial charge is 0.376 e. The zero-order valence-electron chi connectivity index (χ0n) is 14.4. The highest BCUT2D eigenvalue weighted by atomic mass is 16.5. The molecule has 0 spiro atoms. The molecule has 2 atom stereocenters. The van der Waals surface area contributed by atoms with Gasteiger partial charge in [0, 0.05) is 38.5 Å². The summed E-state index contributed by atoms with van der Waals surface area (Å²) in [7, 11) is 1.79. The molecule has 134 valence electrons. The van der Waals surface area contributed by atoms with Gasteiger partial charge in [-0.25, -0.2) is 9.67 Å². The maximum Gasteiger partial charge on any atom is 0.255 e. The lowest BCUT2D eigenvalue weighted by Gasteiger charge is -2.24. The first-order chi connectivity index (χ1) is 12.7. The van der Waals surface area contributed by atoms with Gasteiger partial charge in [-0.1, -0.05) is 12.1 Å². The van der Waals surface area contributed by atoms with Crippen molar-refractivity contribution in [3.8, 4) is 5.69 Å².